The van der Waals surface area contributed by atoms with Gasteiger partial charge in [0.15, 0.2) is 17.3 Å². The number of aryl methyl sites for hydroxylation is 1. The molecule has 37 heavy (non-hydrogen) atoms. The van der Waals surface area contributed by atoms with E-state index in [-0.39, 0.29) is 30.2 Å². The minimum absolute atomic E-state index is 0.0206. The van der Waals surface area contributed by atoms with Crippen LogP contribution in [-0.2, 0) is 11.3 Å². The number of methoxy groups -OCH3 is 2. The normalized spacial score (nSPS) is 11.9. The molecule has 0 atom stereocenters. The molecular weight excluding hydrogens is 476 g/mol. The van der Waals surface area contributed by atoms with E-state index in [1.54, 1.807) is 59.2 Å². The van der Waals surface area contributed by atoms with Gasteiger partial charge in [0.05, 0.1) is 36.4 Å². The second-order valence-electron chi connectivity index (χ2n) is 8.53. The number of nitrogens with one attached hydrogen (secondary N) is 1. The molecule has 0 saturated heterocycles. The van der Waals surface area contributed by atoms with Crippen LogP contribution in [0.5, 0.6) is 23.0 Å². The van der Waals surface area contributed by atoms with Crippen molar-refractivity contribution in [1.29, 1.82) is 0 Å². The van der Waals surface area contributed by atoms with Gasteiger partial charge in [0, 0.05) is 23.9 Å². The van der Waals surface area contributed by atoms with Crippen molar-refractivity contribution in [2.45, 2.75) is 13.5 Å². The number of fused-ring (bicyclic) bond motifs is 2. The summed E-state index contributed by atoms with van der Waals surface area (Å²) < 4.78 is 23.1. The predicted octanol–water partition coefficient (Wildman–Crippen LogP) is 3.93. The van der Waals surface area contributed by atoms with Crippen molar-refractivity contribution in [3.63, 3.8) is 0 Å². The third-order valence-corrected chi connectivity index (χ3v) is 6.13. The first kappa shape index (κ1) is 23.9. The van der Waals surface area contributed by atoms with E-state index >= 15 is 0 Å². The summed E-state index contributed by atoms with van der Waals surface area (Å²) in [6.45, 7) is 1.75. The van der Waals surface area contributed by atoms with E-state index < -0.39 is 11.2 Å². The van der Waals surface area contributed by atoms with Crippen LogP contribution < -0.4 is 29.7 Å². The van der Waals surface area contributed by atoms with Gasteiger partial charge in [-0.3, -0.25) is 14.4 Å². The number of benzene rings is 3. The Labute approximate surface area is 212 Å². The number of ketones is 1. The molecule has 1 aliphatic heterocycles. The Hall–Kier alpha value is -4.79. The van der Waals surface area contributed by atoms with Gasteiger partial charge < -0.3 is 28.8 Å². The summed E-state index contributed by atoms with van der Waals surface area (Å²) in [7, 11) is 3.03. The fourth-order valence-corrected chi connectivity index (χ4v) is 4.18. The lowest BCUT2D eigenvalue weighted by molar-refractivity contribution is -0.116. The van der Waals surface area contributed by atoms with Crippen molar-refractivity contribution in [3.8, 4) is 23.0 Å². The van der Waals surface area contributed by atoms with Crippen molar-refractivity contribution in [2.24, 2.45) is 0 Å². The summed E-state index contributed by atoms with van der Waals surface area (Å²) in [6, 6.07) is 15.2. The molecule has 3 aromatic carbocycles. The van der Waals surface area contributed by atoms with Crippen molar-refractivity contribution >= 4 is 28.3 Å². The maximum Gasteiger partial charge on any atom is 0.244 e. The molecule has 9 nitrogen and oxygen atoms in total. The van der Waals surface area contributed by atoms with Crippen LogP contribution >= 0.6 is 0 Å². The number of carbonyl (C=O) groups excluding carboxylic acids is 2. The third kappa shape index (κ3) is 4.58. The van der Waals surface area contributed by atoms with E-state index in [1.165, 1.54) is 20.4 Å². The molecule has 0 unspecified atom stereocenters. The summed E-state index contributed by atoms with van der Waals surface area (Å²) in [5.41, 5.74) is 1.75. The lowest BCUT2D eigenvalue weighted by atomic mass is 10.0. The van der Waals surface area contributed by atoms with Gasteiger partial charge in [-0.25, -0.2) is 0 Å². The van der Waals surface area contributed by atoms with Crippen LogP contribution in [0, 0.1) is 6.92 Å². The van der Waals surface area contributed by atoms with Gasteiger partial charge in [-0.1, -0.05) is 29.8 Å². The molecule has 5 rings (SSSR count). The molecule has 1 aromatic heterocycles. The Morgan fingerprint density at radius 3 is 2.41 bits per heavy atom. The second kappa shape index (κ2) is 9.69. The third-order valence-electron chi connectivity index (χ3n) is 6.13. The van der Waals surface area contributed by atoms with E-state index in [0.717, 1.165) is 5.56 Å². The fraction of sp³-hybridized carbons (Fsp3) is 0.179. The molecule has 0 saturated carbocycles. The Morgan fingerprint density at radius 1 is 0.973 bits per heavy atom. The number of pyridine rings is 1. The van der Waals surface area contributed by atoms with E-state index in [2.05, 4.69) is 5.32 Å². The van der Waals surface area contributed by atoms with Crippen LogP contribution in [0.25, 0.3) is 10.9 Å². The SMILES string of the molecule is COc1ccc(NC(=O)Cn2cc(C(=O)c3ccc(C)cc3)c(=O)c3cc4c(cc32)OCO4)c(OC)c1. The van der Waals surface area contributed by atoms with Crippen LogP contribution in [0.15, 0.2) is 65.6 Å². The number of carbonyl (C=O) groups is 2. The van der Waals surface area contributed by atoms with E-state index in [0.29, 0.717) is 39.8 Å². The Balaban J connectivity index is 1.56. The Kier molecular flexibility index (Phi) is 6.27. The monoisotopic (exact) mass is 500 g/mol. The molecular formula is C28H24N2O7. The van der Waals surface area contributed by atoms with Gasteiger partial charge in [0.1, 0.15) is 18.0 Å². The van der Waals surface area contributed by atoms with E-state index in [9.17, 15) is 14.4 Å². The maximum atomic E-state index is 13.4. The van der Waals surface area contributed by atoms with Gasteiger partial charge in [-0.05, 0) is 25.1 Å². The molecule has 1 aliphatic rings. The molecule has 0 spiro atoms. The lowest BCUT2D eigenvalue weighted by Gasteiger charge is -2.15. The topological polar surface area (TPSA) is 105 Å². The highest BCUT2D eigenvalue weighted by molar-refractivity contribution is 6.10. The summed E-state index contributed by atoms with van der Waals surface area (Å²) in [6.07, 6.45) is 1.42. The van der Waals surface area contributed by atoms with Gasteiger partial charge in [-0.15, -0.1) is 0 Å². The van der Waals surface area contributed by atoms with Crippen LogP contribution in [-0.4, -0.2) is 37.3 Å². The highest BCUT2D eigenvalue weighted by Crippen LogP contribution is 2.35. The zero-order valence-corrected chi connectivity index (χ0v) is 20.5. The average molecular weight is 501 g/mol. The number of hydrogen-bond donors (Lipinski definition) is 1. The van der Waals surface area contributed by atoms with Crippen LogP contribution in [0.2, 0.25) is 0 Å². The fourth-order valence-electron chi connectivity index (χ4n) is 4.18. The van der Waals surface area contributed by atoms with Gasteiger partial charge in [0.25, 0.3) is 0 Å². The van der Waals surface area contributed by atoms with Crippen molar-refractivity contribution in [3.05, 3.63) is 87.7 Å². The van der Waals surface area contributed by atoms with E-state index in [1.807, 2.05) is 6.92 Å². The molecule has 9 heteroatoms. The Morgan fingerprint density at radius 2 is 1.70 bits per heavy atom. The van der Waals surface area contributed by atoms with Crippen molar-refractivity contribution in [2.75, 3.05) is 26.3 Å². The van der Waals surface area contributed by atoms with Gasteiger partial charge >= 0.3 is 0 Å². The Bertz CT molecular complexity index is 1590. The van der Waals surface area contributed by atoms with Gasteiger partial charge in [-0.2, -0.15) is 0 Å². The quantitative estimate of drug-likeness (QED) is 0.384. The highest BCUT2D eigenvalue weighted by atomic mass is 16.7. The molecule has 1 N–H and O–H groups in total. The van der Waals surface area contributed by atoms with E-state index in [4.69, 9.17) is 18.9 Å². The first-order chi connectivity index (χ1) is 17.9. The largest absolute Gasteiger partial charge is 0.497 e. The smallest absolute Gasteiger partial charge is 0.244 e. The minimum Gasteiger partial charge on any atom is -0.497 e. The predicted molar refractivity (Wildman–Crippen MR) is 137 cm³/mol. The lowest BCUT2D eigenvalue weighted by Crippen LogP contribution is -2.24. The number of nitrogens with zero attached hydrogens (tertiary/aromatic N) is 1. The number of ether oxygens (including phenoxy) is 4. The minimum atomic E-state index is -0.452. The number of anilines is 1. The summed E-state index contributed by atoms with van der Waals surface area (Å²) in [5, 5.41) is 3.07. The van der Waals surface area contributed by atoms with Crippen LogP contribution in [0.3, 0.4) is 0 Å². The molecule has 0 aliphatic carbocycles. The number of aromatic nitrogens is 1. The first-order valence-electron chi connectivity index (χ1n) is 11.5. The summed E-state index contributed by atoms with van der Waals surface area (Å²) in [4.78, 5) is 39.9. The second-order valence-corrected chi connectivity index (χ2v) is 8.53. The van der Waals surface area contributed by atoms with Crippen LogP contribution in [0.1, 0.15) is 21.5 Å². The standard InChI is InChI=1S/C28H24N2O7/c1-16-4-6-17(7-5-16)27(32)20-13-30(22-12-25-24(36-15-37-25)11-19(22)28(20)33)14-26(31)29-21-9-8-18(34-2)10-23(21)35-3/h4-13H,14-15H2,1-3H3,(H,29,31). The molecule has 2 heterocycles. The zero-order chi connectivity index (χ0) is 26.1. The molecule has 188 valence electrons. The number of rotatable bonds is 7. The summed E-state index contributed by atoms with van der Waals surface area (Å²) >= 11 is 0. The van der Waals surface area contributed by atoms with Gasteiger partial charge in [0.2, 0.25) is 18.1 Å². The molecule has 0 radical (unpaired) electrons. The molecule has 0 bridgehead atoms. The zero-order valence-electron chi connectivity index (χ0n) is 20.5. The maximum absolute atomic E-state index is 13.4. The molecule has 0 fully saturated rings. The molecule has 4 aromatic rings. The highest BCUT2D eigenvalue weighted by Gasteiger charge is 2.22. The number of amides is 1. The van der Waals surface area contributed by atoms with Crippen molar-refractivity contribution in [1.82, 2.24) is 4.57 Å². The first-order valence-corrected chi connectivity index (χ1v) is 11.5. The van der Waals surface area contributed by atoms with Crippen LogP contribution in [0.4, 0.5) is 5.69 Å². The number of hydrogen-bond acceptors (Lipinski definition) is 7. The van der Waals surface area contributed by atoms with Crippen molar-refractivity contribution < 1.29 is 28.5 Å². The molecule has 1 amide bonds. The average Bonchev–Trinajstić information content (AvgIpc) is 3.37. The summed E-state index contributed by atoms with van der Waals surface area (Å²) in [5.74, 6) is 1.04.